The second kappa shape index (κ2) is 3.28. The van der Waals surface area contributed by atoms with E-state index in [0.717, 1.165) is 5.56 Å². The summed E-state index contributed by atoms with van der Waals surface area (Å²) in [5.74, 6) is 0. The van der Waals surface area contributed by atoms with Crippen molar-refractivity contribution in [3.63, 3.8) is 0 Å². The fourth-order valence-electron chi connectivity index (χ4n) is 1.02. The Balaban J connectivity index is 2.94. The highest BCUT2D eigenvalue weighted by atomic mass is 19.4. The van der Waals surface area contributed by atoms with Crippen molar-refractivity contribution in [2.24, 2.45) is 0 Å². The van der Waals surface area contributed by atoms with E-state index < -0.39 is 6.30 Å². The van der Waals surface area contributed by atoms with Gasteiger partial charge in [0.15, 0.2) is 0 Å². The molecule has 13 heavy (non-hydrogen) atoms. The predicted octanol–water partition coefficient (Wildman–Crippen LogP) is 3.24. The van der Waals surface area contributed by atoms with Crippen molar-refractivity contribution in [2.75, 3.05) is 5.32 Å². The van der Waals surface area contributed by atoms with Crippen LogP contribution in [0.3, 0.4) is 0 Å². The number of alkyl halides is 3. The van der Waals surface area contributed by atoms with E-state index >= 15 is 0 Å². The average molecular weight is 189 g/mol. The molecule has 0 aliphatic heterocycles. The highest BCUT2D eigenvalue weighted by molar-refractivity contribution is 5.52. The Kier molecular flexibility index (Phi) is 2.50. The molecule has 0 heterocycles. The Labute approximate surface area is 74.6 Å². The maximum atomic E-state index is 11.9. The van der Waals surface area contributed by atoms with Crippen LogP contribution in [0, 0.1) is 13.8 Å². The molecule has 0 aliphatic rings. The molecule has 0 unspecified atom stereocenters. The Morgan fingerprint density at radius 1 is 1.15 bits per heavy atom. The van der Waals surface area contributed by atoms with Crippen molar-refractivity contribution in [1.29, 1.82) is 0 Å². The third kappa shape index (κ3) is 2.97. The smallest absolute Gasteiger partial charge is 0.297 e. The van der Waals surface area contributed by atoms with Crippen LogP contribution in [0.4, 0.5) is 18.9 Å². The van der Waals surface area contributed by atoms with Crippen LogP contribution >= 0.6 is 0 Å². The monoisotopic (exact) mass is 189 g/mol. The number of nitrogens with one attached hydrogen (secondary N) is 1. The van der Waals surface area contributed by atoms with Crippen molar-refractivity contribution in [3.8, 4) is 0 Å². The first-order valence-electron chi connectivity index (χ1n) is 3.80. The lowest BCUT2D eigenvalue weighted by atomic mass is 10.1. The predicted molar refractivity (Wildman–Crippen MR) is 45.6 cm³/mol. The molecule has 4 heteroatoms. The van der Waals surface area contributed by atoms with Crippen molar-refractivity contribution in [3.05, 3.63) is 29.3 Å². The van der Waals surface area contributed by atoms with Crippen LogP contribution in [0.2, 0.25) is 0 Å². The van der Waals surface area contributed by atoms with Crippen LogP contribution in [0.25, 0.3) is 0 Å². The van der Waals surface area contributed by atoms with Crippen LogP contribution in [-0.4, -0.2) is 6.30 Å². The number of rotatable bonds is 1. The molecule has 0 aliphatic carbocycles. The molecule has 0 fully saturated rings. The van der Waals surface area contributed by atoms with Gasteiger partial charge in [-0.2, -0.15) is 13.2 Å². The molecule has 0 atom stereocenters. The summed E-state index contributed by atoms with van der Waals surface area (Å²) in [6.45, 7) is 3.38. The van der Waals surface area contributed by atoms with Gasteiger partial charge in [0.05, 0.1) is 0 Å². The van der Waals surface area contributed by atoms with Gasteiger partial charge in [-0.15, -0.1) is 0 Å². The molecule has 0 saturated carbocycles. The zero-order valence-electron chi connectivity index (χ0n) is 7.37. The van der Waals surface area contributed by atoms with E-state index in [1.807, 2.05) is 0 Å². The first-order chi connectivity index (χ1) is 5.88. The average Bonchev–Trinajstić information content (AvgIpc) is 1.94. The van der Waals surface area contributed by atoms with Gasteiger partial charge in [0, 0.05) is 5.69 Å². The molecular formula is C9H10F3N. The van der Waals surface area contributed by atoms with E-state index in [2.05, 4.69) is 0 Å². The fraction of sp³-hybridized carbons (Fsp3) is 0.333. The number of hydrogen-bond acceptors (Lipinski definition) is 1. The van der Waals surface area contributed by atoms with Gasteiger partial charge in [0.1, 0.15) is 0 Å². The van der Waals surface area contributed by atoms with E-state index in [1.54, 1.807) is 26.0 Å². The van der Waals surface area contributed by atoms with Crippen LogP contribution in [0.15, 0.2) is 18.2 Å². The van der Waals surface area contributed by atoms with E-state index in [4.69, 9.17) is 0 Å². The molecule has 0 bridgehead atoms. The zero-order chi connectivity index (χ0) is 10.1. The number of anilines is 1. The van der Waals surface area contributed by atoms with Gasteiger partial charge in [-0.05, 0) is 31.0 Å². The van der Waals surface area contributed by atoms with Crippen LogP contribution in [0.1, 0.15) is 11.1 Å². The van der Waals surface area contributed by atoms with Crippen molar-refractivity contribution >= 4 is 5.69 Å². The lowest BCUT2D eigenvalue weighted by molar-refractivity contribution is -0.0999. The van der Waals surface area contributed by atoms with Crippen LogP contribution in [-0.2, 0) is 0 Å². The highest BCUT2D eigenvalue weighted by Gasteiger charge is 2.27. The van der Waals surface area contributed by atoms with E-state index in [-0.39, 0.29) is 5.69 Å². The van der Waals surface area contributed by atoms with Gasteiger partial charge < -0.3 is 0 Å². The minimum absolute atomic E-state index is 0.118. The molecule has 0 aromatic heterocycles. The van der Waals surface area contributed by atoms with Gasteiger partial charge in [0.25, 0.3) is 0 Å². The van der Waals surface area contributed by atoms with Crippen molar-refractivity contribution in [2.45, 2.75) is 20.1 Å². The largest absolute Gasteiger partial charge is 0.482 e. The standard InChI is InChI=1S/C9H10F3N/c1-6-3-4-7(2)8(5-6)13-9(10,11)12/h3-5,13H,1-2H3. The summed E-state index contributed by atoms with van der Waals surface area (Å²) >= 11 is 0. The summed E-state index contributed by atoms with van der Waals surface area (Å²) in [6.07, 6.45) is -4.36. The SMILES string of the molecule is Cc1ccc(C)c(NC(F)(F)F)c1. The normalized spacial score (nSPS) is 11.5. The Morgan fingerprint density at radius 2 is 1.77 bits per heavy atom. The summed E-state index contributed by atoms with van der Waals surface area (Å²) in [6, 6.07) is 4.91. The first kappa shape index (κ1) is 9.89. The molecule has 1 nitrogen and oxygen atoms in total. The minimum atomic E-state index is -4.36. The maximum absolute atomic E-state index is 11.9. The topological polar surface area (TPSA) is 12.0 Å². The van der Waals surface area contributed by atoms with Gasteiger partial charge >= 0.3 is 6.30 Å². The van der Waals surface area contributed by atoms with E-state index in [9.17, 15) is 13.2 Å². The zero-order valence-corrected chi connectivity index (χ0v) is 7.37. The first-order valence-corrected chi connectivity index (χ1v) is 3.80. The summed E-state index contributed by atoms with van der Waals surface area (Å²) in [7, 11) is 0. The van der Waals surface area contributed by atoms with Gasteiger partial charge in [-0.25, -0.2) is 0 Å². The summed E-state index contributed by atoms with van der Waals surface area (Å²) < 4.78 is 35.8. The third-order valence-electron chi connectivity index (χ3n) is 1.67. The van der Waals surface area contributed by atoms with Crippen molar-refractivity contribution in [1.82, 2.24) is 0 Å². The van der Waals surface area contributed by atoms with Crippen LogP contribution in [0.5, 0.6) is 0 Å². The molecule has 1 aromatic rings. The number of benzene rings is 1. The highest BCUT2D eigenvalue weighted by Crippen LogP contribution is 2.23. The molecule has 0 amide bonds. The summed E-state index contributed by atoms with van der Waals surface area (Å²) in [5.41, 5.74) is 1.51. The number of aryl methyl sites for hydroxylation is 2. The molecule has 72 valence electrons. The second-order valence-electron chi connectivity index (χ2n) is 2.94. The maximum Gasteiger partial charge on any atom is 0.482 e. The molecular weight excluding hydrogens is 179 g/mol. The lowest BCUT2D eigenvalue weighted by Crippen LogP contribution is -2.21. The Bertz CT molecular complexity index is 304. The summed E-state index contributed by atoms with van der Waals surface area (Å²) in [5, 5.41) is 1.49. The lowest BCUT2D eigenvalue weighted by Gasteiger charge is -2.12. The van der Waals surface area contributed by atoms with Crippen LogP contribution < -0.4 is 5.32 Å². The van der Waals surface area contributed by atoms with E-state index in [1.165, 1.54) is 11.4 Å². The molecule has 1 rings (SSSR count). The van der Waals surface area contributed by atoms with Gasteiger partial charge in [-0.3, -0.25) is 5.32 Å². The Morgan fingerprint density at radius 3 is 2.31 bits per heavy atom. The molecule has 0 radical (unpaired) electrons. The molecule has 0 spiro atoms. The minimum Gasteiger partial charge on any atom is -0.297 e. The van der Waals surface area contributed by atoms with Crippen molar-refractivity contribution < 1.29 is 13.2 Å². The fourth-order valence-corrected chi connectivity index (χ4v) is 1.02. The van der Waals surface area contributed by atoms with E-state index in [0.29, 0.717) is 5.56 Å². The summed E-state index contributed by atoms with van der Waals surface area (Å²) in [4.78, 5) is 0. The number of hydrogen-bond donors (Lipinski definition) is 1. The number of halogens is 3. The quantitative estimate of drug-likeness (QED) is 0.669. The molecule has 0 saturated heterocycles. The molecule has 1 N–H and O–H groups in total. The Hall–Kier alpha value is -1.19. The second-order valence-corrected chi connectivity index (χ2v) is 2.94. The van der Waals surface area contributed by atoms with Gasteiger partial charge in [0.2, 0.25) is 0 Å². The molecule has 1 aromatic carbocycles. The van der Waals surface area contributed by atoms with Gasteiger partial charge in [-0.1, -0.05) is 12.1 Å². The third-order valence-corrected chi connectivity index (χ3v) is 1.67.